The van der Waals surface area contributed by atoms with E-state index in [1.54, 1.807) is 17.0 Å². The molecule has 0 saturated carbocycles. The van der Waals surface area contributed by atoms with Crippen LogP contribution in [0.25, 0.3) is 0 Å². The van der Waals surface area contributed by atoms with Gasteiger partial charge in [-0.3, -0.25) is 4.79 Å². The Labute approximate surface area is 230 Å². The molecule has 0 bridgehead atoms. The molecule has 0 spiro atoms. The third-order valence-corrected chi connectivity index (χ3v) is 8.28. The molecule has 1 fully saturated rings. The van der Waals surface area contributed by atoms with Crippen LogP contribution < -0.4 is 4.90 Å². The maximum atomic E-state index is 13.3. The Morgan fingerprint density at radius 1 is 0.944 bits per heavy atom. The van der Waals surface area contributed by atoms with Crippen LogP contribution >= 0.6 is 34.8 Å². The zero-order valence-corrected chi connectivity index (χ0v) is 22.9. The summed E-state index contributed by atoms with van der Waals surface area (Å²) in [5.41, 5.74) is 3.32. The molecule has 1 aliphatic rings. The minimum Gasteiger partial charge on any atom is -0.315 e. The molecule has 190 valence electrons. The van der Waals surface area contributed by atoms with Crippen molar-refractivity contribution in [3.05, 3.63) is 99.0 Å². The molecule has 0 aromatic heterocycles. The van der Waals surface area contributed by atoms with Gasteiger partial charge < -0.3 is 9.80 Å². The molecule has 3 aromatic rings. The van der Waals surface area contributed by atoms with Crippen molar-refractivity contribution in [3.63, 3.8) is 0 Å². The van der Waals surface area contributed by atoms with Crippen LogP contribution in [0, 0.1) is 5.92 Å². The van der Waals surface area contributed by atoms with Crippen LogP contribution in [0.4, 0.5) is 5.69 Å². The molecule has 4 rings (SSSR count). The van der Waals surface area contributed by atoms with Crippen LogP contribution in [0.3, 0.4) is 0 Å². The van der Waals surface area contributed by atoms with Crippen LogP contribution in [0.2, 0.25) is 15.1 Å². The standard InChI is InChI=1S/C30H33Cl3N2O/c1-34(27-10-8-26(31)9-11-27)30(36)21-25(24-7-12-28(32)29(33)20-24)15-18-35-16-13-23(14-17-35)19-22-5-3-2-4-6-22/h2-12,20,23,25H,13-19,21H2,1H3. The van der Waals surface area contributed by atoms with Gasteiger partial charge in [0.25, 0.3) is 0 Å². The number of piperidine rings is 1. The van der Waals surface area contributed by atoms with Crippen molar-refractivity contribution in [1.29, 1.82) is 0 Å². The minimum atomic E-state index is 0.0593. The van der Waals surface area contributed by atoms with Gasteiger partial charge in [-0.2, -0.15) is 0 Å². The van der Waals surface area contributed by atoms with Crippen molar-refractivity contribution >= 4 is 46.4 Å². The van der Waals surface area contributed by atoms with Crippen molar-refractivity contribution in [1.82, 2.24) is 4.90 Å². The van der Waals surface area contributed by atoms with Gasteiger partial charge in [-0.15, -0.1) is 0 Å². The molecule has 0 N–H and O–H groups in total. The van der Waals surface area contributed by atoms with Gasteiger partial charge in [0.15, 0.2) is 0 Å². The lowest BCUT2D eigenvalue weighted by Crippen LogP contribution is -2.36. The molecule has 36 heavy (non-hydrogen) atoms. The highest BCUT2D eigenvalue weighted by molar-refractivity contribution is 6.42. The van der Waals surface area contributed by atoms with E-state index in [1.807, 2.05) is 37.4 Å². The van der Waals surface area contributed by atoms with Crippen molar-refractivity contribution in [2.24, 2.45) is 5.92 Å². The Bertz CT molecular complexity index is 1130. The Morgan fingerprint density at radius 3 is 2.31 bits per heavy atom. The lowest BCUT2D eigenvalue weighted by Gasteiger charge is -2.33. The fraction of sp³-hybridized carbons (Fsp3) is 0.367. The molecule has 1 unspecified atom stereocenters. The first-order chi connectivity index (χ1) is 17.4. The molecule has 1 heterocycles. The van der Waals surface area contributed by atoms with E-state index in [2.05, 4.69) is 35.2 Å². The number of hydrogen-bond donors (Lipinski definition) is 0. The summed E-state index contributed by atoms with van der Waals surface area (Å²) >= 11 is 18.5. The van der Waals surface area contributed by atoms with E-state index in [-0.39, 0.29) is 11.8 Å². The predicted molar refractivity (Wildman–Crippen MR) is 153 cm³/mol. The summed E-state index contributed by atoms with van der Waals surface area (Å²) in [6.45, 7) is 3.16. The quantitative estimate of drug-likeness (QED) is 0.272. The number of benzene rings is 3. The third-order valence-electron chi connectivity index (χ3n) is 7.29. The van der Waals surface area contributed by atoms with Gasteiger partial charge >= 0.3 is 0 Å². The second kappa shape index (κ2) is 13.0. The first-order valence-electron chi connectivity index (χ1n) is 12.6. The molecule has 1 aliphatic heterocycles. The van der Waals surface area contributed by atoms with Crippen LogP contribution in [0.1, 0.15) is 42.7 Å². The predicted octanol–water partition coefficient (Wildman–Crippen LogP) is 8.13. The van der Waals surface area contributed by atoms with E-state index in [1.165, 1.54) is 18.4 Å². The van der Waals surface area contributed by atoms with E-state index in [9.17, 15) is 4.79 Å². The number of rotatable bonds is 9. The van der Waals surface area contributed by atoms with Crippen molar-refractivity contribution in [3.8, 4) is 0 Å². The number of likely N-dealkylation sites (tertiary alicyclic amines) is 1. The molecule has 1 atom stereocenters. The van der Waals surface area contributed by atoms with Gasteiger partial charge in [0, 0.05) is 24.2 Å². The van der Waals surface area contributed by atoms with Crippen LogP contribution in [0.5, 0.6) is 0 Å². The van der Waals surface area contributed by atoms with Crippen molar-refractivity contribution in [2.45, 2.75) is 38.0 Å². The van der Waals surface area contributed by atoms with Gasteiger partial charge in [0.05, 0.1) is 10.0 Å². The van der Waals surface area contributed by atoms with Gasteiger partial charge in [0.2, 0.25) is 5.91 Å². The Kier molecular flexibility index (Phi) is 9.73. The summed E-state index contributed by atoms with van der Waals surface area (Å²) in [6.07, 6.45) is 4.88. The largest absolute Gasteiger partial charge is 0.315 e. The normalized spacial score (nSPS) is 15.6. The summed E-state index contributed by atoms with van der Waals surface area (Å²) in [5.74, 6) is 0.864. The first-order valence-corrected chi connectivity index (χ1v) is 13.8. The maximum absolute atomic E-state index is 13.3. The molecule has 1 amide bonds. The van der Waals surface area contributed by atoms with E-state index >= 15 is 0 Å². The highest BCUT2D eigenvalue weighted by atomic mass is 35.5. The highest BCUT2D eigenvalue weighted by Crippen LogP contribution is 2.32. The van der Waals surface area contributed by atoms with E-state index in [0.29, 0.717) is 21.5 Å². The Balaban J connectivity index is 1.37. The first kappa shape index (κ1) is 27.0. The molecular formula is C30H33Cl3N2O. The van der Waals surface area contributed by atoms with Crippen LogP contribution in [0.15, 0.2) is 72.8 Å². The second-order valence-corrected chi connectivity index (χ2v) is 11.0. The molecule has 3 aromatic carbocycles. The smallest absolute Gasteiger partial charge is 0.227 e. The molecular weight excluding hydrogens is 511 g/mol. The monoisotopic (exact) mass is 542 g/mol. The SMILES string of the molecule is CN(C(=O)CC(CCN1CCC(Cc2ccccc2)CC1)c1ccc(Cl)c(Cl)c1)c1ccc(Cl)cc1. The maximum Gasteiger partial charge on any atom is 0.227 e. The number of halogens is 3. The number of carbonyl (C=O) groups excluding carboxylic acids is 1. The minimum absolute atomic E-state index is 0.0593. The molecule has 0 aliphatic carbocycles. The van der Waals surface area contributed by atoms with Crippen molar-refractivity contribution in [2.75, 3.05) is 31.6 Å². The summed E-state index contributed by atoms with van der Waals surface area (Å²) < 4.78 is 0. The fourth-order valence-corrected chi connectivity index (χ4v) is 5.44. The Morgan fingerprint density at radius 2 is 1.64 bits per heavy atom. The number of hydrogen-bond acceptors (Lipinski definition) is 2. The second-order valence-electron chi connectivity index (χ2n) is 9.77. The molecule has 6 heteroatoms. The average molecular weight is 544 g/mol. The molecule has 0 radical (unpaired) electrons. The number of carbonyl (C=O) groups is 1. The topological polar surface area (TPSA) is 23.6 Å². The number of amides is 1. The summed E-state index contributed by atoms with van der Waals surface area (Å²) in [5, 5.41) is 1.71. The van der Waals surface area contributed by atoms with Crippen LogP contribution in [-0.4, -0.2) is 37.5 Å². The number of nitrogens with zero attached hydrogens (tertiary/aromatic N) is 2. The molecule has 1 saturated heterocycles. The number of anilines is 1. The summed E-state index contributed by atoms with van der Waals surface area (Å²) in [7, 11) is 1.81. The van der Waals surface area contributed by atoms with Gasteiger partial charge in [-0.1, -0.05) is 71.2 Å². The van der Waals surface area contributed by atoms with Gasteiger partial charge in [-0.25, -0.2) is 0 Å². The summed E-state index contributed by atoms with van der Waals surface area (Å²) in [4.78, 5) is 17.5. The highest BCUT2D eigenvalue weighted by Gasteiger charge is 2.24. The Hall–Kier alpha value is -2.04. The van der Waals surface area contributed by atoms with Gasteiger partial charge in [-0.05, 0) is 105 Å². The van der Waals surface area contributed by atoms with E-state index in [4.69, 9.17) is 34.8 Å². The van der Waals surface area contributed by atoms with Crippen LogP contribution in [-0.2, 0) is 11.2 Å². The third kappa shape index (κ3) is 7.49. The fourth-order valence-electron chi connectivity index (χ4n) is 5.01. The van der Waals surface area contributed by atoms with E-state index < -0.39 is 0 Å². The van der Waals surface area contributed by atoms with E-state index in [0.717, 1.165) is 49.6 Å². The molecule has 3 nitrogen and oxygen atoms in total. The lowest BCUT2D eigenvalue weighted by molar-refractivity contribution is -0.118. The zero-order chi connectivity index (χ0) is 25.5. The van der Waals surface area contributed by atoms with Gasteiger partial charge in [0.1, 0.15) is 0 Å². The lowest BCUT2D eigenvalue weighted by atomic mass is 9.89. The summed E-state index contributed by atoms with van der Waals surface area (Å²) in [6, 6.07) is 23.9. The zero-order valence-electron chi connectivity index (χ0n) is 20.7. The van der Waals surface area contributed by atoms with Crippen molar-refractivity contribution < 1.29 is 4.79 Å². The average Bonchev–Trinajstić information content (AvgIpc) is 2.89.